The van der Waals surface area contributed by atoms with Gasteiger partial charge < -0.3 is 10.4 Å². The molecule has 2 rings (SSSR count). The second-order valence-corrected chi connectivity index (χ2v) is 4.88. The van der Waals surface area contributed by atoms with Gasteiger partial charge in [-0.15, -0.1) is 0 Å². The fourth-order valence-electron chi connectivity index (χ4n) is 1.52. The van der Waals surface area contributed by atoms with Crippen LogP contribution in [0.25, 0.3) is 0 Å². The average Bonchev–Trinajstić information content (AvgIpc) is 2.96. The molecule has 4 heteroatoms. The first-order valence-corrected chi connectivity index (χ1v) is 5.00. The first-order valence-electron chi connectivity index (χ1n) is 5.00. The molecule has 78 valence electrons. The maximum atomic E-state index is 11.6. The summed E-state index contributed by atoms with van der Waals surface area (Å²) in [4.78, 5) is 22.4. The summed E-state index contributed by atoms with van der Waals surface area (Å²) >= 11 is 0. The van der Waals surface area contributed by atoms with Crippen molar-refractivity contribution in [3.63, 3.8) is 0 Å². The molecular formula is C10H15NO3. The van der Waals surface area contributed by atoms with E-state index in [4.69, 9.17) is 5.11 Å². The molecule has 2 fully saturated rings. The fourth-order valence-corrected chi connectivity index (χ4v) is 1.52. The molecule has 0 unspecified atom stereocenters. The molecule has 2 N–H and O–H groups in total. The summed E-state index contributed by atoms with van der Waals surface area (Å²) in [6.07, 6.45) is 3.25. The number of nitrogens with one attached hydrogen (secondary N) is 1. The highest BCUT2D eigenvalue weighted by atomic mass is 16.4. The van der Waals surface area contributed by atoms with Crippen LogP contribution in [0.2, 0.25) is 0 Å². The van der Waals surface area contributed by atoms with E-state index in [9.17, 15) is 9.59 Å². The van der Waals surface area contributed by atoms with Crippen molar-refractivity contribution < 1.29 is 14.7 Å². The number of hydrogen-bond donors (Lipinski definition) is 2. The monoisotopic (exact) mass is 197 g/mol. The highest BCUT2D eigenvalue weighted by Crippen LogP contribution is 2.47. The average molecular weight is 197 g/mol. The summed E-state index contributed by atoms with van der Waals surface area (Å²) in [5, 5.41) is 11.6. The minimum atomic E-state index is -1.08. The number of hydrogen-bond acceptors (Lipinski definition) is 2. The van der Waals surface area contributed by atoms with Crippen molar-refractivity contribution in [3.8, 4) is 0 Å². The maximum absolute atomic E-state index is 11.6. The summed E-state index contributed by atoms with van der Waals surface area (Å²) < 4.78 is 0. The topological polar surface area (TPSA) is 66.4 Å². The number of rotatable bonds is 4. The molecule has 4 nitrogen and oxygen atoms in total. The normalized spacial score (nSPS) is 25.2. The Kier molecular flexibility index (Phi) is 1.84. The van der Waals surface area contributed by atoms with Gasteiger partial charge in [-0.2, -0.15) is 0 Å². The van der Waals surface area contributed by atoms with Crippen LogP contribution in [0.5, 0.6) is 0 Å². The third-order valence-electron chi connectivity index (χ3n) is 3.37. The van der Waals surface area contributed by atoms with Crippen LogP contribution in [0.4, 0.5) is 0 Å². The summed E-state index contributed by atoms with van der Waals surface area (Å²) in [7, 11) is 0. The molecule has 0 spiro atoms. The summed E-state index contributed by atoms with van der Waals surface area (Å²) in [5.41, 5.74) is -0.838. The lowest BCUT2D eigenvalue weighted by Crippen LogP contribution is -2.39. The zero-order valence-electron chi connectivity index (χ0n) is 8.30. The van der Waals surface area contributed by atoms with Gasteiger partial charge >= 0.3 is 5.97 Å². The van der Waals surface area contributed by atoms with Gasteiger partial charge in [-0.3, -0.25) is 9.59 Å². The number of aliphatic carboxylic acids is 1. The molecular weight excluding hydrogens is 182 g/mol. The standard InChI is InChI=1S/C10H15NO3/c1-9(2-3-9)6-11-7(12)10(4-5-10)8(13)14/h2-6H2,1H3,(H,11,12)(H,13,14). The van der Waals surface area contributed by atoms with Crippen molar-refractivity contribution in [2.24, 2.45) is 10.8 Å². The largest absolute Gasteiger partial charge is 0.480 e. The van der Waals surface area contributed by atoms with E-state index >= 15 is 0 Å². The molecule has 0 aromatic heterocycles. The lowest BCUT2D eigenvalue weighted by atomic mass is 10.1. The van der Waals surface area contributed by atoms with E-state index in [-0.39, 0.29) is 11.3 Å². The molecule has 0 aliphatic heterocycles. The summed E-state index contributed by atoms with van der Waals surface area (Å²) in [6, 6.07) is 0. The van der Waals surface area contributed by atoms with Crippen LogP contribution in [0.15, 0.2) is 0 Å². The molecule has 0 radical (unpaired) electrons. The van der Waals surface area contributed by atoms with Crippen molar-refractivity contribution in [1.29, 1.82) is 0 Å². The third-order valence-corrected chi connectivity index (χ3v) is 3.37. The van der Waals surface area contributed by atoms with Crippen molar-refractivity contribution in [2.75, 3.05) is 6.54 Å². The molecule has 2 saturated carbocycles. The lowest BCUT2D eigenvalue weighted by Gasteiger charge is -2.13. The highest BCUT2D eigenvalue weighted by Gasteiger charge is 2.57. The predicted molar refractivity (Wildman–Crippen MR) is 49.7 cm³/mol. The predicted octanol–water partition coefficient (Wildman–Crippen LogP) is 0.767. The highest BCUT2D eigenvalue weighted by molar-refractivity contribution is 6.04. The van der Waals surface area contributed by atoms with E-state index in [0.717, 1.165) is 12.8 Å². The Morgan fingerprint density at radius 2 is 1.86 bits per heavy atom. The van der Waals surface area contributed by atoms with E-state index in [1.54, 1.807) is 0 Å². The molecule has 0 bridgehead atoms. The Hall–Kier alpha value is -1.06. The number of carboxylic acids is 1. The van der Waals surface area contributed by atoms with Gasteiger partial charge in [0.2, 0.25) is 5.91 Å². The van der Waals surface area contributed by atoms with Gasteiger partial charge in [0.1, 0.15) is 5.41 Å². The van der Waals surface area contributed by atoms with Gasteiger partial charge in [-0.05, 0) is 31.1 Å². The fraction of sp³-hybridized carbons (Fsp3) is 0.800. The van der Waals surface area contributed by atoms with Crippen LogP contribution in [0.1, 0.15) is 32.6 Å². The zero-order chi connectivity index (χ0) is 10.4. The van der Waals surface area contributed by atoms with Crippen LogP contribution >= 0.6 is 0 Å². The van der Waals surface area contributed by atoms with Crippen LogP contribution in [0.3, 0.4) is 0 Å². The van der Waals surface area contributed by atoms with Gasteiger partial charge in [0.25, 0.3) is 0 Å². The molecule has 1 amide bonds. The Bertz CT molecular complexity index is 290. The van der Waals surface area contributed by atoms with E-state index in [1.807, 2.05) is 0 Å². The minimum absolute atomic E-state index is 0.240. The summed E-state index contributed by atoms with van der Waals surface area (Å²) in [5.74, 6) is -1.27. The molecule has 0 aromatic carbocycles. The number of amides is 1. The Labute approximate surface area is 82.7 Å². The molecule has 2 aliphatic carbocycles. The molecule has 0 saturated heterocycles. The van der Waals surface area contributed by atoms with E-state index in [1.165, 1.54) is 0 Å². The minimum Gasteiger partial charge on any atom is -0.480 e. The van der Waals surface area contributed by atoms with Gasteiger partial charge in [0.15, 0.2) is 0 Å². The first-order chi connectivity index (χ1) is 6.49. The number of carbonyl (C=O) groups excluding carboxylic acids is 1. The second-order valence-electron chi connectivity index (χ2n) is 4.88. The smallest absolute Gasteiger partial charge is 0.319 e. The molecule has 0 atom stereocenters. The molecule has 0 heterocycles. The number of carbonyl (C=O) groups is 2. The molecule has 0 aromatic rings. The SMILES string of the molecule is CC1(CNC(=O)C2(C(=O)O)CC2)CC1. The summed E-state index contributed by atoms with van der Waals surface area (Å²) in [6.45, 7) is 2.73. The lowest BCUT2D eigenvalue weighted by molar-refractivity contribution is -0.149. The van der Waals surface area contributed by atoms with Crippen molar-refractivity contribution >= 4 is 11.9 Å². The Morgan fingerprint density at radius 3 is 2.21 bits per heavy atom. The zero-order valence-corrected chi connectivity index (χ0v) is 8.30. The molecule has 2 aliphatic rings. The quantitative estimate of drug-likeness (QED) is 0.654. The van der Waals surface area contributed by atoms with E-state index < -0.39 is 11.4 Å². The first kappa shape index (κ1) is 9.49. The van der Waals surface area contributed by atoms with E-state index in [2.05, 4.69) is 12.2 Å². The maximum Gasteiger partial charge on any atom is 0.319 e. The number of carboxylic acid groups (broad SMARTS) is 1. The van der Waals surface area contributed by atoms with Gasteiger partial charge in [-0.25, -0.2) is 0 Å². The van der Waals surface area contributed by atoms with Gasteiger partial charge in [0, 0.05) is 6.54 Å². The van der Waals surface area contributed by atoms with Gasteiger partial charge in [0.05, 0.1) is 0 Å². The van der Waals surface area contributed by atoms with Crippen LogP contribution in [-0.2, 0) is 9.59 Å². The van der Waals surface area contributed by atoms with E-state index in [0.29, 0.717) is 19.4 Å². The second kappa shape index (κ2) is 2.72. The van der Waals surface area contributed by atoms with Gasteiger partial charge in [-0.1, -0.05) is 6.92 Å². The van der Waals surface area contributed by atoms with Crippen molar-refractivity contribution in [3.05, 3.63) is 0 Å². The van der Waals surface area contributed by atoms with Crippen molar-refractivity contribution in [1.82, 2.24) is 5.32 Å². The Morgan fingerprint density at radius 1 is 1.29 bits per heavy atom. The van der Waals surface area contributed by atoms with Crippen LogP contribution in [-0.4, -0.2) is 23.5 Å². The third kappa shape index (κ3) is 1.49. The molecule has 14 heavy (non-hydrogen) atoms. The van der Waals surface area contributed by atoms with Crippen molar-refractivity contribution in [2.45, 2.75) is 32.6 Å². The van der Waals surface area contributed by atoms with Crippen LogP contribution < -0.4 is 5.32 Å². The Balaban J connectivity index is 1.86. The van der Waals surface area contributed by atoms with Crippen LogP contribution in [0, 0.1) is 10.8 Å².